The molecule has 3 rings (SSSR count). The Balaban J connectivity index is 1.55. The number of amides is 2. The van der Waals surface area contributed by atoms with Crippen LogP contribution in [0.4, 0.5) is 0 Å². The molecule has 2 saturated heterocycles. The lowest BCUT2D eigenvalue weighted by Gasteiger charge is -2.37. The van der Waals surface area contributed by atoms with E-state index in [-0.39, 0.29) is 30.6 Å². The highest BCUT2D eigenvalue weighted by atomic mass is 16.5. The first-order valence-corrected chi connectivity index (χ1v) is 7.76. The monoisotopic (exact) mass is 306 g/mol. The third-order valence-electron chi connectivity index (χ3n) is 4.61. The van der Waals surface area contributed by atoms with Crippen LogP contribution in [0.3, 0.4) is 0 Å². The van der Waals surface area contributed by atoms with Gasteiger partial charge in [-0.05, 0) is 12.8 Å². The fraction of sp³-hybridized carbons (Fsp3) is 0.667. The average molecular weight is 306 g/mol. The van der Waals surface area contributed by atoms with Gasteiger partial charge in [-0.15, -0.1) is 0 Å². The second-order valence-corrected chi connectivity index (χ2v) is 5.93. The minimum atomic E-state index is 0.0288. The van der Waals surface area contributed by atoms with Crippen molar-refractivity contribution in [1.82, 2.24) is 19.4 Å². The van der Waals surface area contributed by atoms with Gasteiger partial charge >= 0.3 is 0 Å². The summed E-state index contributed by atoms with van der Waals surface area (Å²) in [5, 5.41) is 0. The van der Waals surface area contributed by atoms with Gasteiger partial charge in [-0.2, -0.15) is 0 Å². The zero-order valence-corrected chi connectivity index (χ0v) is 12.9. The van der Waals surface area contributed by atoms with E-state index >= 15 is 0 Å². The number of carbonyl (C=O) groups is 2. The number of rotatable bonds is 3. The molecule has 120 valence electrons. The van der Waals surface area contributed by atoms with E-state index in [4.69, 9.17) is 4.74 Å². The average Bonchev–Trinajstić information content (AvgIpc) is 2.94. The first-order valence-electron chi connectivity index (χ1n) is 7.76. The number of morpholine rings is 1. The number of likely N-dealkylation sites (tertiary alicyclic amines) is 1. The van der Waals surface area contributed by atoms with Crippen LogP contribution in [-0.4, -0.2) is 70.1 Å². The molecule has 3 heterocycles. The Hall–Kier alpha value is -1.89. The van der Waals surface area contributed by atoms with Crippen molar-refractivity contribution in [3.8, 4) is 0 Å². The Morgan fingerprint density at radius 2 is 2.23 bits per heavy atom. The second-order valence-electron chi connectivity index (χ2n) is 5.93. The molecule has 0 saturated carbocycles. The van der Waals surface area contributed by atoms with Crippen molar-refractivity contribution in [3.63, 3.8) is 0 Å². The number of ether oxygens (including phenoxy) is 1. The van der Waals surface area contributed by atoms with Crippen LogP contribution in [0.25, 0.3) is 0 Å². The Morgan fingerprint density at radius 3 is 3.00 bits per heavy atom. The Labute approximate surface area is 129 Å². The van der Waals surface area contributed by atoms with Crippen LogP contribution in [0.5, 0.6) is 0 Å². The molecule has 0 spiro atoms. The van der Waals surface area contributed by atoms with Crippen molar-refractivity contribution >= 4 is 11.8 Å². The summed E-state index contributed by atoms with van der Waals surface area (Å²) in [6.07, 6.45) is 7.39. The third-order valence-corrected chi connectivity index (χ3v) is 4.61. The van der Waals surface area contributed by atoms with Gasteiger partial charge in [0.2, 0.25) is 11.8 Å². The standard InChI is InChI=1S/C15H22N4O3/c1-17-12-2-7-19(8-3-13(12)22-10-15(17)21)14(20)4-6-18-9-5-16-11-18/h5,9,11-13H,2-4,6-8,10H2,1H3/t12-,13-/m0/s1. The van der Waals surface area contributed by atoms with Gasteiger partial charge in [-0.3, -0.25) is 9.59 Å². The van der Waals surface area contributed by atoms with E-state index in [1.54, 1.807) is 17.4 Å². The Kier molecular flexibility index (Phi) is 4.42. The first-order chi connectivity index (χ1) is 10.6. The SMILES string of the molecule is CN1C(=O)CO[C@H]2CCN(C(=O)CCn3ccnc3)CC[C@@H]21. The van der Waals surface area contributed by atoms with Crippen molar-refractivity contribution in [2.75, 3.05) is 26.7 Å². The third kappa shape index (κ3) is 3.14. The van der Waals surface area contributed by atoms with E-state index in [1.807, 2.05) is 22.7 Å². The van der Waals surface area contributed by atoms with Gasteiger partial charge in [0, 0.05) is 45.5 Å². The molecule has 2 aliphatic rings. The molecule has 2 fully saturated rings. The van der Waals surface area contributed by atoms with Gasteiger partial charge in [-0.1, -0.05) is 0 Å². The van der Waals surface area contributed by atoms with Gasteiger partial charge < -0.3 is 19.1 Å². The summed E-state index contributed by atoms with van der Waals surface area (Å²) in [7, 11) is 1.83. The number of aryl methyl sites for hydroxylation is 1. The van der Waals surface area contributed by atoms with E-state index in [1.165, 1.54) is 0 Å². The number of carbonyl (C=O) groups excluding carboxylic acids is 2. The Bertz CT molecular complexity index is 531. The molecule has 7 heteroatoms. The van der Waals surface area contributed by atoms with Crippen LogP contribution >= 0.6 is 0 Å². The highest BCUT2D eigenvalue weighted by Crippen LogP contribution is 2.23. The van der Waals surface area contributed by atoms with Crippen molar-refractivity contribution < 1.29 is 14.3 Å². The highest BCUT2D eigenvalue weighted by molar-refractivity contribution is 5.78. The molecule has 7 nitrogen and oxygen atoms in total. The number of hydrogen-bond acceptors (Lipinski definition) is 4. The van der Waals surface area contributed by atoms with E-state index in [0.717, 1.165) is 12.8 Å². The summed E-state index contributed by atoms with van der Waals surface area (Å²) in [6.45, 7) is 2.19. The molecule has 1 aromatic rings. The van der Waals surface area contributed by atoms with Crippen LogP contribution < -0.4 is 0 Å². The molecular weight excluding hydrogens is 284 g/mol. The number of aromatic nitrogens is 2. The molecular formula is C15H22N4O3. The summed E-state index contributed by atoms with van der Waals surface area (Å²) in [6, 6.07) is 0.0905. The lowest BCUT2D eigenvalue weighted by molar-refractivity contribution is -0.154. The molecule has 2 atom stereocenters. The van der Waals surface area contributed by atoms with Crippen molar-refractivity contribution in [2.45, 2.75) is 38.0 Å². The molecule has 2 amide bonds. The minimum Gasteiger partial charge on any atom is -0.366 e. The van der Waals surface area contributed by atoms with Crippen LogP contribution in [0.1, 0.15) is 19.3 Å². The summed E-state index contributed by atoms with van der Waals surface area (Å²) in [5.74, 6) is 0.183. The van der Waals surface area contributed by atoms with E-state index in [2.05, 4.69) is 4.98 Å². The molecule has 0 unspecified atom stereocenters. The lowest BCUT2D eigenvalue weighted by Crippen LogP contribution is -2.52. The number of hydrogen-bond donors (Lipinski definition) is 0. The number of nitrogens with zero attached hydrogens (tertiary/aromatic N) is 4. The fourth-order valence-electron chi connectivity index (χ4n) is 3.22. The van der Waals surface area contributed by atoms with E-state index < -0.39 is 0 Å². The molecule has 0 bridgehead atoms. The highest BCUT2D eigenvalue weighted by Gasteiger charge is 2.36. The largest absolute Gasteiger partial charge is 0.366 e. The number of likely N-dealkylation sites (N-methyl/N-ethyl adjacent to an activating group) is 1. The fourth-order valence-corrected chi connectivity index (χ4v) is 3.22. The zero-order valence-electron chi connectivity index (χ0n) is 12.9. The van der Waals surface area contributed by atoms with Gasteiger partial charge in [-0.25, -0.2) is 4.98 Å². The Morgan fingerprint density at radius 1 is 1.41 bits per heavy atom. The predicted molar refractivity (Wildman–Crippen MR) is 79.0 cm³/mol. The lowest BCUT2D eigenvalue weighted by atomic mass is 10.0. The first kappa shape index (κ1) is 15.0. The maximum absolute atomic E-state index is 12.4. The quantitative estimate of drug-likeness (QED) is 0.795. The summed E-state index contributed by atoms with van der Waals surface area (Å²) < 4.78 is 7.56. The van der Waals surface area contributed by atoms with Crippen LogP contribution in [0.2, 0.25) is 0 Å². The molecule has 1 aromatic heterocycles. The van der Waals surface area contributed by atoms with Gasteiger partial charge in [0.05, 0.1) is 18.5 Å². The zero-order chi connectivity index (χ0) is 15.5. The second kappa shape index (κ2) is 6.48. The van der Waals surface area contributed by atoms with Crippen molar-refractivity contribution in [3.05, 3.63) is 18.7 Å². The summed E-state index contributed by atoms with van der Waals surface area (Å²) >= 11 is 0. The summed E-state index contributed by atoms with van der Waals surface area (Å²) in [5.41, 5.74) is 0. The summed E-state index contributed by atoms with van der Waals surface area (Å²) in [4.78, 5) is 31.8. The maximum Gasteiger partial charge on any atom is 0.248 e. The topological polar surface area (TPSA) is 67.7 Å². The molecule has 22 heavy (non-hydrogen) atoms. The van der Waals surface area contributed by atoms with Gasteiger partial charge in [0.15, 0.2) is 0 Å². The van der Waals surface area contributed by atoms with Crippen molar-refractivity contribution in [2.24, 2.45) is 0 Å². The van der Waals surface area contributed by atoms with E-state index in [0.29, 0.717) is 26.1 Å². The van der Waals surface area contributed by atoms with Gasteiger partial charge in [0.25, 0.3) is 0 Å². The molecule has 0 radical (unpaired) electrons. The molecule has 2 aliphatic heterocycles. The van der Waals surface area contributed by atoms with Gasteiger partial charge in [0.1, 0.15) is 6.61 Å². The number of fused-ring (bicyclic) bond motifs is 1. The van der Waals surface area contributed by atoms with E-state index in [9.17, 15) is 9.59 Å². The number of imidazole rings is 1. The van der Waals surface area contributed by atoms with Crippen LogP contribution in [0, 0.1) is 0 Å². The predicted octanol–water partition coefficient (Wildman–Crippen LogP) is 0.121. The smallest absolute Gasteiger partial charge is 0.248 e. The van der Waals surface area contributed by atoms with Crippen molar-refractivity contribution in [1.29, 1.82) is 0 Å². The molecule has 0 aromatic carbocycles. The molecule has 0 N–H and O–H groups in total. The molecule has 0 aliphatic carbocycles. The normalized spacial score (nSPS) is 25.8. The van der Waals surface area contributed by atoms with Crippen LogP contribution in [0.15, 0.2) is 18.7 Å². The minimum absolute atomic E-state index is 0.0288. The maximum atomic E-state index is 12.4. The van der Waals surface area contributed by atoms with Crippen LogP contribution in [-0.2, 0) is 20.9 Å².